The number of anilines is 1. The number of nitrogens with one attached hydrogen (secondary N) is 2. The van der Waals surface area contributed by atoms with Crippen LogP contribution in [0, 0.1) is 0 Å². The first-order valence-electron chi connectivity index (χ1n) is 7.23. The minimum absolute atomic E-state index is 0.0740. The van der Waals surface area contributed by atoms with Crippen molar-refractivity contribution >= 4 is 11.7 Å². The molecule has 0 saturated carbocycles. The van der Waals surface area contributed by atoms with Gasteiger partial charge in [0.2, 0.25) is 0 Å². The summed E-state index contributed by atoms with van der Waals surface area (Å²) < 4.78 is 0. The van der Waals surface area contributed by atoms with Crippen LogP contribution in [0.3, 0.4) is 0 Å². The molecule has 110 valence electrons. The summed E-state index contributed by atoms with van der Waals surface area (Å²) in [4.78, 5) is 16.7. The van der Waals surface area contributed by atoms with Crippen molar-refractivity contribution in [2.75, 3.05) is 12.4 Å². The summed E-state index contributed by atoms with van der Waals surface area (Å²) in [5, 5.41) is 5.95. The maximum absolute atomic E-state index is 12.3. The fourth-order valence-electron chi connectivity index (χ4n) is 2.11. The Kier molecular flexibility index (Phi) is 5.32. The number of hydrogen-bond donors (Lipinski definition) is 2. The van der Waals surface area contributed by atoms with Gasteiger partial charge < -0.3 is 10.6 Å². The zero-order chi connectivity index (χ0) is 15.1. The first-order valence-corrected chi connectivity index (χ1v) is 7.23. The highest BCUT2D eigenvalue weighted by atomic mass is 16.1. The Hall–Kier alpha value is -2.36. The molecular weight excluding hydrogens is 262 g/mol. The molecular formula is C17H21N3O. The van der Waals surface area contributed by atoms with Crippen molar-refractivity contribution in [3.63, 3.8) is 0 Å². The maximum Gasteiger partial charge on any atom is 0.251 e. The van der Waals surface area contributed by atoms with Crippen LogP contribution in [0.25, 0.3) is 0 Å². The fraction of sp³-hybridized carbons (Fsp3) is 0.294. The first kappa shape index (κ1) is 15.0. The van der Waals surface area contributed by atoms with Gasteiger partial charge in [-0.25, -0.2) is 4.98 Å². The highest BCUT2D eigenvalue weighted by Gasteiger charge is 2.09. The number of carbonyl (C=O) groups excluding carboxylic acids is 1. The number of pyridine rings is 1. The van der Waals surface area contributed by atoms with Crippen molar-refractivity contribution in [3.05, 3.63) is 59.3 Å². The smallest absolute Gasteiger partial charge is 0.251 e. The topological polar surface area (TPSA) is 54.0 Å². The fourth-order valence-corrected chi connectivity index (χ4v) is 2.11. The van der Waals surface area contributed by atoms with Gasteiger partial charge in [-0.15, -0.1) is 0 Å². The number of amides is 1. The van der Waals surface area contributed by atoms with Gasteiger partial charge >= 0.3 is 0 Å². The van der Waals surface area contributed by atoms with Crippen LogP contribution < -0.4 is 10.6 Å². The van der Waals surface area contributed by atoms with Crippen LogP contribution >= 0.6 is 0 Å². The van der Waals surface area contributed by atoms with E-state index in [1.807, 2.05) is 43.4 Å². The van der Waals surface area contributed by atoms with E-state index in [9.17, 15) is 4.79 Å². The molecule has 0 radical (unpaired) electrons. The largest absolute Gasteiger partial charge is 0.373 e. The van der Waals surface area contributed by atoms with Crippen LogP contribution in [0.5, 0.6) is 0 Å². The average molecular weight is 283 g/mol. The molecule has 4 nitrogen and oxygen atoms in total. The highest BCUT2D eigenvalue weighted by molar-refractivity contribution is 5.94. The van der Waals surface area contributed by atoms with Crippen molar-refractivity contribution in [2.45, 2.75) is 26.3 Å². The Labute approximate surface area is 125 Å². The van der Waals surface area contributed by atoms with Crippen LogP contribution in [-0.4, -0.2) is 17.9 Å². The molecule has 1 amide bonds. The van der Waals surface area contributed by atoms with Gasteiger partial charge in [0, 0.05) is 24.8 Å². The Morgan fingerprint density at radius 1 is 1.19 bits per heavy atom. The molecule has 2 aromatic rings. The molecule has 0 saturated heterocycles. The molecule has 2 rings (SSSR count). The number of rotatable bonds is 6. The molecule has 0 bridgehead atoms. The van der Waals surface area contributed by atoms with Gasteiger partial charge in [0.25, 0.3) is 5.91 Å². The molecule has 1 aromatic heterocycles. The SMILES string of the molecule is CCCc1cc(C(=O)NCc2ccccc2)cc(NC)n1. The molecule has 0 spiro atoms. The van der Waals surface area contributed by atoms with Gasteiger partial charge in [0.15, 0.2) is 0 Å². The second-order valence-electron chi connectivity index (χ2n) is 4.90. The second kappa shape index (κ2) is 7.43. The molecule has 1 aromatic carbocycles. The van der Waals surface area contributed by atoms with Crippen LogP contribution in [0.1, 0.15) is 35.0 Å². The molecule has 0 aliphatic carbocycles. The predicted molar refractivity (Wildman–Crippen MR) is 85.4 cm³/mol. The van der Waals surface area contributed by atoms with E-state index in [-0.39, 0.29) is 5.91 Å². The van der Waals surface area contributed by atoms with Gasteiger partial charge in [-0.2, -0.15) is 0 Å². The minimum atomic E-state index is -0.0740. The lowest BCUT2D eigenvalue weighted by molar-refractivity contribution is 0.0950. The molecule has 0 aliphatic heterocycles. The number of benzene rings is 1. The van der Waals surface area contributed by atoms with E-state index in [4.69, 9.17) is 0 Å². The Morgan fingerprint density at radius 3 is 2.62 bits per heavy atom. The van der Waals surface area contributed by atoms with E-state index >= 15 is 0 Å². The number of hydrogen-bond acceptors (Lipinski definition) is 3. The van der Waals surface area contributed by atoms with Crippen molar-refractivity contribution in [1.82, 2.24) is 10.3 Å². The van der Waals surface area contributed by atoms with Crippen molar-refractivity contribution < 1.29 is 4.79 Å². The van der Waals surface area contributed by atoms with Gasteiger partial charge in [-0.1, -0.05) is 43.7 Å². The zero-order valence-corrected chi connectivity index (χ0v) is 12.5. The Bertz CT molecular complexity index is 596. The molecule has 0 atom stereocenters. The average Bonchev–Trinajstić information content (AvgIpc) is 2.53. The van der Waals surface area contributed by atoms with E-state index < -0.39 is 0 Å². The van der Waals surface area contributed by atoms with Crippen LogP contribution in [-0.2, 0) is 13.0 Å². The summed E-state index contributed by atoms with van der Waals surface area (Å²) in [5.74, 6) is 0.654. The monoisotopic (exact) mass is 283 g/mol. The lowest BCUT2D eigenvalue weighted by atomic mass is 10.1. The number of nitrogens with zero attached hydrogens (tertiary/aromatic N) is 1. The Morgan fingerprint density at radius 2 is 1.95 bits per heavy atom. The number of carbonyl (C=O) groups is 1. The zero-order valence-electron chi connectivity index (χ0n) is 12.5. The normalized spacial score (nSPS) is 10.2. The summed E-state index contributed by atoms with van der Waals surface area (Å²) in [6.45, 7) is 2.63. The lowest BCUT2D eigenvalue weighted by Gasteiger charge is -2.09. The van der Waals surface area contributed by atoms with E-state index in [1.165, 1.54) is 0 Å². The molecule has 4 heteroatoms. The van der Waals surface area contributed by atoms with Crippen molar-refractivity contribution in [3.8, 4) is 0 Å². The second-order valence-corrected chi connectivity index (χ2v) is 4.90. The van der Waals surface area contributed by atoms with Crippen molar-refractivity contribution in [2.24, 2.45) is 0 Å². The van der Waals surface area contributed by atoms with Crippen LogP contribution in [0.2, 0.25) is 0 Å². The lowest BCUT2D eigenvalue weighted by Crippen LogP contribution is -2.23. The quantitative estimate of drug-likeness (QED) is 0.857. The van der Waals surface area contributed by atoms with E-state index in [2.05, 4.69) is 22.5 Å². The molecule has 0 fully saturated rings. The summed E-state index contributed by atoms with van der Waals surface area (Å²) in [6.07, 6.45) is 1.87. The van der Waals surface area contributed by atoms with Gasteiger partial charge in [0.05, 0.1) is 0 Å². The predicted octanol–water partition coefficient (Wildman–Crippen LogP) is 3.01. The third-order valence-corrected chi connectivity index (χ3v) is 3.20. The third-order valence-electron chi connectivity index (χ3n) is 3.20. The van der Waals surface area contributed by atoms with E-state index in [0.29, 0.717) is 12.1 Å². The summed E-state index contributed by atoms with van der Waals surface area (Å²) in [5.41, 5.74) is 2.67. The number of aromatic nitrogens is 1. The van der Waals surface area contributed by atoms with Crippen LogP contribution in [0.4, 0.5) is 5.82 Å². The molecule has 21 heavy (non-hydrogen) atoms. The molecule has 0 aliphatic rings. The van der Waals surface area contributed by atoms with Crippen LogP contribution in [0.15, 0.2) is 42.5 Å². The molecule has 1 heterocycles. The summed E-state index contributed by atoms with van der Waals surface area (Å²) in [7, 11) is 1.81. The van der Waals surface area contributed by atoms with Gasteiger partial charge in [-0.3, -0.25) is 4.79 Å². The van der Waals surface area contributed by atoms with E-state index in [0.717, 1.165) is 29.9 Å². The van der Waals surface area contributed by atoms with E-state index in [1.54, 1.807) is 6.07 Å². The molecule has 2 N–H and O–H groups in total. The third kappa shape index (κ3) is 4.31. The summed E-state index contributed by atoms with van der Waals surface area (Å²) in [6, 6.07) is 13.5. The van der Waals surface area contributed by atoms with Crippen molar-refractivity contribution in [1.29, 1.82) is 0 Å². The minimum Gasteiger partial charge on any atom is -0.373 e. The number of aryl methyl sites for hydroxylation is 1. The standard InChI is InChI=1S/C17H21N3O/c1-3-7-15-10-14(11-16(18-2)20-15)17(21)19-12-13-8-5-4-6-9-13/h4-6,8-11H,3,7,12H2,1-2H3,(H,18,20)(H,19,21). The Balaban J connectivity index is 2.09. The highest BCUT2D eigenvalue weighted by Crippen LogP contribution is 2.12. The first-order chi connectivity index (χ1) is 10.2. The maximum atomic E-state index is 12.3. The van der Waals surface area contributed by atoms with Gasteiger partial charge in [-0.05, 0) is 24.1 Å². The summed E-state index contributed by atoms with van der Waals surface area (Å²) >= 11 is 0. The van der Waals surface area contributed by atoms with Gasteiger partial charge in [0.1, 0.15) is 5.82 Å². The molecule has 0 unspecified atom stereocenters.